The summed E-state index contributed by atoms with van der Waals surface area (Å²) in [6.07, 6.45) is 1.06. The molecule has 1 aliphatic rings. The van der Waals surface area contributed by atoms with Crippen molar-refractivity contribution in [3.8, 4) is 0 Å². The minimum absolute atomic E-state index is 0. The number of carbonyl (C=O) groups excluding carboxylic acids is 1. The van der Waals surface area contributed by atoms with Gasteiger partial charge in [0.2, 0.25) is 5.91 Å². The summed E-state index contributed by atoms with van der Waals surface area (Å²) in [7, 11) is 0. The maximum Gasteiger partial charge on any atom is 0.241 e. The van der Waals surface area contributed by atoms with Gasteiger partial charge in [0.1, 0.15) is 0 Å². The first kappa shape index (κ1) is 20.3. The summed E-state index contributed by atoms with van der Waals surface area (Å²) in [5.74, 6) is 2.53. The molecule has 3 N–H and O–H groups in total. The molecule has 0 aliphatic carbocycles. The number of thioether (sulfide) groups is 1. The predicted molar refractivity (Wildman–Crippen MR) is 103 cm³/mol. The second-order valence-electron chi connectivity index (χ2n) is 6.16. The van der Waals surface area contributed by atoms with Gasteiger partial charge in [0.05, 0.1) is 6.04 Å². The van der Waals surface area contributed by atoms with Gasteiger partial charge >= 0.3 is 0 Å². The van der Waals surface area contributed by atoms with E-state index in [4.69, 9.17) is 5.73 Å². The third kappa shape index (κ3) is 6.71. The van der Waals surface area contributed by atoms with Gasteiger partial charge in [-0.1, -0.05) is 26.0 Å². The van der Waals surface area contributed by atoms with Crippen molar-refractivity contribution in [1.82, 2.24) is 4.90 Å². The number of nitrogens with two attached hydrogens (primary N) is 1. The van der Waals surface area contributed by atoms with Crippen LogP contribution in [0, 0.1) is 5.92 Å². The van der Waals surface area contributed by atoms with E-state index in [-0.39, 0.29) is 24.2 Å². The molecule has 0 aromatic heterocycles. The molecule has 6 heteroatoms. The maximum absolute atomic E-state index is 11.9. The normalized spacial score (nSPS) is 16.7. The Kier molecular flexibility index (Phi) is 8.99. The number of anilines is 1. The zero-order valence-corrected chi connectivity index (χ0v) is 15.6. The monoisotopic (exact) mass is 357 g/mol. The number of carbonyl (C=O) groups is 1. The highest BCUT2D eigenvalue weighted by molar-refractivity contribution is 7.99. The summed E-state index contributed by atoms with van der Waals surface area (Å²) in [5.41, 5.74) is 7.98. The van der Waals surface area contributed by atoms with Gasteiger partial charge in [-0.2, -0.15) is 11.8 Å². The van der Waals surface area contributed by atoms with E-state index in [1.165, 1.54) is 30.2 Å². The molecule has 1 aromatic rings. The molecule has 0 unspecified atom stereocenters. The Morgan fingerprint density at radius 3 is 2.43 bits per heavy atom. The van der Waals surface area contributed by atoms with Crippen molar-refractivity contribution in [3.05, 3.63) is 29.8 Å². The Morgan fingerprint density at radius 2 is 1.87 bits per heavy atom. The second-order valence-corrected chi connectivity index (χ2v) is 7.38. The van der Waals surface area contributed by atoms with Gasteiger partial charge in [0.15, 0.2) is 0 Å². The highest BCUT2D eigenvalue weighted by atomic mass is 35.5. The number of amides is 1. The van der Waals surface area contributed by atoms with Crippen LogP contribution in [0.1, 0.15) is 19.4 Å². The number of rotatable bonds is 6. The molecule has 1 fully saturated rings. The minimum atomic E-state index is -0.461. The predicted octanol–water partition coefficient (Wildman–Crippen LogP) is 2.62. The highest BCUT2D eigenvalue weighted by Gasteiger charge is 2.17. The van der Waals surface area contributed by atoms with E-state index >= 15 is 0 Å². The molecule has 23 heavy (non-hydrogen) atoms. The minimum Gasteiger partial charge on any atom is -0.325 e. The van der Waals surface area contributed by atoms with Crippen molar-refractivity contribution < 1.29 is 4.79 Å². The van der Waals surface area contributed by atoms with Gasteiger partial charge in [-0.3, -0.25) is 4.79 Å². The lowest BCUT2D eigenvalue weighted by molar-refractivity contribution is -0.118. The van der Waals surface area contributed by atoms with Gasteiger partial charge in [-0.05, 0) is 30.0 Å². The lowest BCUT2D eigenvalue weighted by atomic mass is 10.0. The third-order valence-corrected chi connectivity index (χ3v) is 5.01. The van der Waals surface area contributed by atoms with Crippen LogP contribution in [-0.4, -0.2) is 48.0 Å². The Hall–Kier alpha value is -0.750. The SMILES string of the molecule is CC(C)[C@H](N)C(=O)Nc1ccc(CCN2CCSCC2)cc1.Cl. The van der Waals surface area contributed by atoms with Gasteiger partial charge < -0.3 is 16.0 Å². The van der Waals surface area contributed by atoms with Gasteiger partial charge in [-0.15, -0.1) is 12.4 Å². The van der Waals surface area contributed by atoms with Gasteiger partial charge in [0.25, 0.3) is 0 Å². The van der Waals surface area contributed by atoms with Crippen molar-refractivity contribution in [3.63, 3.8) is 0 Å². The van der Waals surface area contributed by atoms with E-state index in [1.54, 1.807) is 0 Å². The number of benzene rings is 1. The Labute approximate surface area is 150 Å². The van der Waals surface area contributed by atoms with Crippen LogP contribution in [0.4, 0.5) is 5.69 Å². The van der Waals surface area contributed by atoms with E-state index in [0.717, 1.165) is 18.7 Å². The van der Waals surface area contributed by atoms with E-state index in [9.17, 15) is 4.79 Å². The topological polar surface area (TPSA) is 58.4 Å². The first-order valence-corrected chi connectivity index (χ1v) is 9.17. The van der Waals surface area contributed by atoms with Crippen LogP contribution in [0.25, 0.3) is 0 Å². The summed E-state index contributed by atoms with van der Waals surface area (Å²) in [6, 6.07) is 7.65. The summed E-state index contributed by atoms with van der Waals surface area (Å²) < 4.78 is 0. The Balaban J connectivity index is 0.00000264. The van der Waals surface area contributed by atoms with Crippen LogP contribution in [0.2, 0.25) is 0 Å². The van der Waals surface area contributed by atoms with Gasteiger partial charge in [0, 0.05) is 36.8 Å². The van der Waals surface area contributed by atoms with E-state index in [2.05, 4.69) is 22.3 Å². The summed E-state index contributed by atoms with van der Waals surface area (Å²) >= 11 is 2.04. The first-order valence-electron chi connectivity index (χ1n) is 8.02. The average molecular weight is 358 g/mol. The fraction of sp³-hybridized carbons (Fsp3) is 0.588. The van der Waals surface area contributed by atoms with Crippen LogP contribution in [-0.2, 0) is 11.2 Å². The smallest absolute Gasteiger partial charge is 0.241 e. The molecule has 1 aliphatic heterocycles. The van der Waals surface area contributed by atoms with Crippen LogP contribution >= 0.6 is 24.2 Å². The van der Waals surface area contributed by atoms with Gasteiger partial charge in [-0.25, -0.2) is 0 Å². The summed E-state index contributed by atoms with van der Waals surface area (Å²) in [5, 5.41) is 2.88. The molecule has 2 rings (SSSR count). The Bertz CT molecular complexity index is 475. The number of hydrogen-bond donors (Lipinski definition) is 2. The molecule has 0 saturated carbocycles. The van der Waals surface area contributed by atoms with Crippen LogP contribution in [0.5, 0.6) is 0 Å². The number of nitrogens with zero attached hydrogens (tertiary/aromatic N) is 1. The highest BCUT2D eigenvalue weighted by Crippen LogP contribution is 2.13. The number of nitrogens with one attached hydrogen (secondary N) is 1. The molecule has 1 atom stereocenters. The number of hydrogen-bond acceptors (Lipinski definition) is 4. The zero-order valence-electron chi connectivity index (χ0n) is 14.0. The average Bonchev–Trinajstić information content (AvgIpc) is 2.54. The lowest BCUT2D eigenvalue weighted by Gasteiger charge is -2.26. The van der Waals surface area contributed by atoms with Crippen LogP contribution in [0.3, 0.4) is 0 Å². The Morgan fingerprint density at radius 1 is 1.26 bits per heavy atom. The van der Waals surface area contributed by atoms with E-state index in [0.29, 0.717) is 0 Å². The molecule has 0 bridgehead atoms. The quantitative estimate of drug-likeness (QED) is 0.821. The molecule has 1 aromatic carbocycles. The fourth-order valence-corrected chi connectivity index (χ4v) is 3.37. The molecule has 0 spiro atoms. The van der Waals surface area contributed by atoms with Crippen molar-refractivity contribution in [2.24, 2.45) is 11.7 Å². The molecular weight excluding hydrogens is 330 g/mol. The van der Waals surface area contributed by atoms with E-state index in [1.807, 2.05) is 37.7 Å². The summed E-state index contributed by atoms with van der Waals surface area (Å²) in [6.45, 7) is 7.42. The molecule has 130 valence electrons. The largest absolute Gasteiger partial charge is 0.325 e. The molecule has 4 nitrogen and oxygen atoms in total. The van der Waals surface area contributed by atoms with Crippen molar-refractivity contribution >= 4 is 35.8 Å². The second kappa shape index (κ2) is 10.2. The summed E-state index contributed by atoms with van der Waals surface area (Å²) in [4.78, 5) is 14.4. The first-order chi connectivity index (χ1) is 10.6. The molecule has 0 radical (unpaired) electrons. The molecule has 1 amide bonds. The standard InChI is InChI=1S/C17H27N3OS.ClH/c1-13(2)16(18)17(21)19-15-5-3-14(4-6-15)7-8-20-9-11-22-12-10-20;/h3-6,13,16H,7-12,18H2,1-2H3,(H,19,21);1H/t16-;/m0./s1. The van der Waals surface area contributed by atoms with Crippen molar-refractivity contribution in [2.75, 3.05) is 36.5 Å². The maximum atomic E-state index is 11.9. The fourth-order valence-electron chi connectivity index (χ4n) is 2.40. The van der Waals surface area contributed by atoms with Crippen LogP contribution < -0.4 is 11.1 Å². The van der Waals surface area contributed by atoms with Crippen molar-refractivity contribution in [2.45, 2.75) is 26.3 Å². The van der Waals surface area contributed by atoms with Crippen LogP contribution in [0.15, 0.2) is 24.3 Å². The van der Waals surface area contributed by atoms with Crippen molar-refractivity contribution in [1.29, 1.82) is 0 Å². The lowest BCUT2D eigenvalue weighted by Crippen LogP contribution is -2.39. The molecule has 1 heterocycles. The molecular formula is C17H28ClN3OS. The molecule has 1 saturated heterocycles. The third-order valence-electron chi connectivity index (χ3n) is 4.06. The van der Waals surface area contributed by atoms with E-state index < -0.39 is 6.04 Å². The number of halogens is 1. The zero-order chi connectivity index (χ0) is 15.9.